The second-order valence-corrected chi connectivity index (χ2v) is 6.34. The molecule has 0 bridgehead atoms. The molecule has 0 radical (unpaired) electrons. The Hall–Kier alpha value is -2.39. The molecule has 1 aromatic heterocycles. The number of aryl methyl sites for hydroxylation is 3. The largest absolute Gasteiger partial charge is 0.271 e. The summed E-state index contributed by atoms with van der Waals surface area (Å²) >= 11 is 6.10. The van der Waals surface area contributed by atoms with Crippen LogP contribution < -0.4 is 5.56 Å². The predicted molar refractivity (Wildman–Crippen MR) is 92.4 cm³/mol. The van der Waals surface area contributed by atoms with Crippen LogP contribution in [0.15, 0.2) is 53.3 Å². The fourth-order valence-corrected chi connectivity index (χ4v) is 3.24. The monoisotopic (exact) mass is 322 g/mol. The number of aromatic nitrogens is 2. The Kier molecular flexibility index (Phi) is 3.31. The number of nitrogens with zero attached hydrogens (tertiary/aromatic N) is 2. The third-order valence-electron chi connectivity index (χ3n) is 4.28. The topological polar surface area (TPSA) is 34.9 Å². The zero-order chi connectivity index (χ0) is 16.0. The van der Waals surface area contributed by atoms with Gasteiger partial charge in [-0.3, -0.25) is 4.79 Å². The molecule has 4 rings (SSSR count). The maximum Gasteiger partial charge on any atom is 0.271 e. The van der Waals surface area contributed by atoms with Crippen molar-refractivity contribution in [3.63, 3.8) is 0 Å². The van der Waals surface area contributed by atoms with Crippen LogP contribution in [-0.4, -0.2) is 9.78 Å². The number of fused-ring (bicyclic) bond motifs is 3. The molecule has 0 saturated carbocycles. The minimum absolute atomic E-state index is 0.0926. The van der Waals surface area contributed by atoms with Crippen molar-refractivity contribution in [2.24, 2.45) is 0 Å². The first-order valence-electron chi connectivity index (χ1n) is 7.61. The highest BCUT2D eigenvalue weighted by molar-refractivity contribution is 6.30. The van der Waals surface area contributed by atoms with Crippen molar-refractivity contribution in [1.82, 2.24) is 9.78 Å². The van der Waals surface area contributed by atoms with Gasteiger partial charge in [0.15, 0.2) is 0 Å². The van der Waals surface area contributed by atoms with Gasteiger partial charge in [-0.15, -0.1) is 0 Å². The Morgan fingerprint density at radius 1 is 1.00 bits per heavy atom. The van der Waals surface area contributed by atoms with E-state index in [0.29, 0.717) is 0 Å². The molecule has 0 fully saturated rings. The summed E-state index contributed by atoms with van der Waals surface area (Å²) in [5, 5.41) is 5.38. The van der Waals surface area contributed by atoms with Crippen molar-refractivity contribution in [2.75, 3.05) is 0 Å². The first-order valence-corrected chi connectivity index (χ1v) is 7.99. The van der Waals surface area contributed by atoms with Crippen LogP contribution in [0.3, 0.4) is 0 Å². The summed E-state index contributed by atoms with van der Waals surface area (Å²) in [6, 6.07) is 15.4. The first-order chi connectivity index (χ1) is 11.1. The second-order valence-electron chi connectivity index (χ2n) is 5.91. The van der Waals surface area contributed by atoms with E-state index >= 15 is 0 Å². The third kappa shape index (κ3) is 2.47. The van der Waals surface area contributed by atoms with Gasteiger partial charge in [-0.2, -0.15) is 9.78 Å². The summed E-state index contributed by atoms with van der Waals surface area (Å²) < 4.78 is 1.47. The summed E-state index contributed by atoms with van der Waals surface area (Å²) in [5.74, 6) is 0. The molecule has 0 unspecified atom stereocenters. The molecule has 4 heteroatoms. The van der Waals surface area contributed by atoms with Gasteiger partial charge in [0.2, 0.25) is 0 Å². The molecule has 2 aromatic carbocycles. The van der Waals surface area contributed by atoms with Gasteiger partial charge in [0.1, 0.15) is 0 Å². The summed E-state index contributed by atoms with van der Waals surface area (Å²) in [6.07, 6.45) is 1.71. The number of rotatable bonds is 1. The van der Waals surface area contributed by atoms with Crippen LogP contribution in [0, 0.1) is 6.92 Å². The molecular weight excluding hydrogens is 308 g/mol. The SMILES string of the molecule is Cc1ccc(-n2nc3c(cc2=O)CCc2cc(Cl)ccc2-3)cc1. The smallest absolute Gasteiger partial charge is 0.267 e. The Morgan fingerprint density at radius 3 is 2.52 bits per heavy atom. The first kappa shape index (κ1) is 14.2. The van der Waals surface area contributed by atoms with Crippen molar-refractivity contribution in [2.45, 2.75) is 19.8 Å². The quantitative estimate of drug-likeness (QED) is 0.679. The molecule has 1 aliphatic carbocycles. The molecule has 1 aliphatic rings. The lowest BCUT2D eigenvalue weighted by molar-refractivity contribution is 0.783. The van der Waals surface area contributed by atoms with Gasteiger partial charge in [0, 0.05) is 16.7 Å². The van der Waals surface area contributed by atoms with Crippen molar-refractivity contribution in [3.8, 4) is 16.9 Å². The number of hydrogen-bond acceptors (Lipinski definition) is 2. The lowest BCUT2D eigenvalue weighted by atomic mass is 9.89. The highest BCUT2D eigenvalue weighted by Crippen LogP contribution is 2.32. The van der Waals surface area contributed by atoms with Crippen LogP contribution in [0.4, 0.5) is 0 Å². The maximum absolute atomic E-state index is 12.4. The molecule has 0 saturated heterocycles. The number of benzene rings is 2. The minimum atomic E-state index is -0.0926. The molecule has 0 aliphatic heterocycles. The molecular formula is C19H15ClN2O. The molecule has 0 atom stereocenters. The van der Waals surface area contributed by atoms with Gasteiger partial charge in [0.25, 0.3) is 5.56 Å². The summed E-state index contributed by atoms with van der Waals surface area (Å²) in [7, 11) is 0. The van der Waals surface area contributed by atoms with Gasteiger partial charge < -0.3 is 0 Å². The predicted octanol–water partition coefficient (Wildman–Crippen LogP) is 3.96. The van der Waals surface area contributed by atoms with Gasteiger partial charge >= 0.3 is 0 Å². The highest BCUT2D eigenvalue weighted by atomic mass is 35.5. The van der Waals surface area contributed by atoms with E-state index in [2.05, 4.69) is 5.10 Å². The van der Waals surface area contributed by atoms with E-state index in [-0.39, 0.29) is 5.56 Å². The molecule has 1 heterocycles. The van der Waals surface area contributed by atoms with Crippen molar-refractivity contribution >= 4 is 11.6 Å². The van der Waals surface area contributed by atoms with Crippen molar-refractivity contribution in [1.29, 1.82) is 0 Å². The van der Waals surface area contributed by atoms with Crippen LogP contribution in [-0.2, 0) is 12.8 Å². The average Bonchev–Trinajstić information content (AvgIpc) is 2.55. The number of halogens is 1. The minimum Gasteiger partial charge on any atom is -0.267 e. The summed E-state index contributed by atoms with van der Waals surface area (Å²) in [5.41, 5.74) is 5.98. The van der Waals surface area contributed by atoms with Crippen molar-refractivity contribution < 1.29 is 0 Å². The van der Waals surface area contributed by atoms with Crippen LogP contribution in [0.25, 0.3) is 16.9 Å². The van der Waals surface area contributed by atoms with E-state index in [1.807, 2.05) is 49.4 Å². The van der Waals surface area contributed by atoms with Gasteiger partial charge in [0.05, 0.1) is 11.4 Å². The lowest BCUT2D eigenvalue weighted by Crippen LogP contribution is -2.24. The molecule has 0 amide bonds. The Balaban J connectivity index is 1.92. The molecule has 23 heavy (non-hydrogen) atoms. The number of hydrogen-bond donors (Lipinski definition) is 0. The second kappa shape index (κ2) is 5.36. The Morgan fingerprint density at radius 2 is 1.74 bits per heavy atom. The summed E-state index contributed by atoms with van der Waals surface area (Å²) in [4.78, 5) is 12.4. The Labute approximate surface area is 139 Å². The molecule has 0 spiro atoms. The van der Waals surface area contributed by atoms with E-state index in [4.69, 9.17) is 11.6 Å². The molecule has 3 nitrogen and oxygen atoms in total. The van der Waals surface area contributed by atoms with E-state index < -0.39 is 0 Å². The summed E-state index contributed by atoms with van der Waals surface area (Å²) in [6.45, 7) is 2.02. The van der Waals surface area contributed by atoms with Crippen LogP contribution >= 0.6 is 11.6 Å². The lowest BCUT2D eigenvalue weighted by Gasteiger charge is -2.20. The fourth-order valence-electron chi connectivity index (χ4n) is 3.05. The van der Waals surface area contributed by atoms with Crippen LogP contribution in [0.5, 0.6) is 0 Å². The average molecular weight is 323 g/mol. The van der Waals surface area contributed by atoms with Crippen molar-refractivity contribution in [3.05, 3.63) is 80.6 Å². The zero-order valence-electron chi connectivity index (χ0n) is 12.7. The maximum atomic E-state index is 12.4. The highest BCUT2D eigenvalue weighted by Gasteiger charge is 2.19. The van der Waals surface area contributed by atoms with E-state index in [9.17, 15) is 4.79 Å². The molecule has 3 aromatic rings. The Bertz CT molecular complexity index is 958. The van der Waals surface area contributed by atoms with Crippen LogP contribution in [0.1, 0.15) is 16.7 Å². The van der Waals surface area contributed by atoms with Gasteiger partial charge in [-0.05, 0) is 55.2 Å². The van der Waals surface area contributed by atoms with Gasteiger partial charge in [-0.25, -0.2) is 0 Å². The molecule has 114 valence electrons. The normalized spacial score (nSPS) is 12.6. The fraction of sp³-hybridized carbons (Fsp3) is 0.158. The van der Waals surface area contributed by atoms with E-state index in [0.717, 1.165) is 45.9 Å². The van der Waals surface area contributed by atoms with E-state index in [1.165, 1.54) is 10.2 Å². The standard InChI is InChI=1S/C19H15ClN2O/c1-12-2-7-16(8-3-12)22-18(23)11-14-5-4-13-10-15(20)6-9-17(13)19(14)21-22/h2-3,6-11H,4-5H2,1H3. The van der Waals surface area contributed by atoms with E-state index in [1.54, 1.807) is 6.07 Å². The third-order valence-corrected chi connectivity index (χ3v) is 4.51. The van der Waals surface area contributed by atoms with Crippen LogP contribution in [0.2, 0.25) is 5.02 Å². The van der Waals surface area contributed by atoms with Gasteiger partial charge in [-0.1, -0.05) is 35.4 Å². The molecule has 0 N–H and O–H groups in total. The zero-order valence-corrected chi connectivity index (χ0v) is 13.5.